The molecule has 14 heavy (non-hydrogen) atoms. The molecule has 2 unspecified atom stereocenters. The normalized spacial score (nSPS) is 33.4. The molecule has 0 spiro atoms. The van der Waals surface area contributed by atoms with Gasteiger partial charge in [0.1, 0.15) is 6.10 Å². The van der Waals surface area contributed by atoms with E-state index in [1.807, 2.05) is 4.90 Å². The van der Waals surface area contributed by atoms with Crippen LogP contribution < -0.4 is 0 Å². The van der Waals surface area contributed by atoms with Gasteiger partial charge in [0.2, 0.25) is 0 Å². The number of likely N-dealkylation sites (tertiary alicyclic amines) is 1. The lowest BCUT2D eigenvalue weighted by Gasteiger charge is -2.31. The fourth-order valence-corrected chi connectivity index (χ4v) is 2.42. The average Bonchev–Trinajstić information content (AvgIpc) is 2.69. The highest BCUT2D eigenvalue weighted by molar-refractivity contribution is 6.20. The number of alkyl halides is 1. The molecule has 0 radical (unpaired) electrons. The minimum atomic E-state index is -0.183. The van der Waals surface area contributed by atoms with E-state index in [1.54, 1.807) is 0 Å². The van der Waals surface area contributed by atoms with Crippen molar-refractivity contribution in [2.75, 3.05) is 19.7 Å². The van der Waals surface area contributed by atoms with Crippen LogP contribution in [0.4, 0.5) is 0 Å². The number of hydrogen-bond donors (Lipinski definition) is 0. The Morgan fingerprint density at radius 1 is 1.36 bits per heavy atom. The Kier molecular flexibility index (Phi) is 3.29. The molecule has 2 heterocycles. The summed E-state index contributed by atoms with van der Waals surface area (Å²) in [7, 11) is 0. The van der Waals surface area contributed by atoms with Crippen LogP contribution in [0.15, 0.2) is 0 Å². The van der Waals surface area contributed by atoms with Gasteiger partial charge < -0.3 is 9.64 Å². The number of hydrogen-bond acceptors (Lipinski definition) is 2. The van der Waals surface area contributed by atoms with Crippen molar-refractivity contribution in [2.45, 2.75) is 37.2 Å². The van der Waals surface area contributed by atoms with Gasteiger partial charge in [0.15, 0.2) is 0 Å². The highest BCUT2D eigenvalue weighted by atomic mass is 35.5. The maximum Gasteiger partial charge on any atom is 0.251 e. The van der Waals surface area contributed by atoms with Crippen molar-refractivity contribution in [3.63, 3.8) is 0 Å². The number of carbonyl (C=O) groups excluding carboxylic acids is 1. The van der Waals surface area contributed by atoms with E-state index in [-0.39, 0.29) is 17.4 Å². The van der Waals surface area contributed by atoms with Crippen molar-refractivity contribution in [1.29, 1.82) is 0 Å². The van der Waals surface area contributed by atoms with E-state index >= 15 is 0 Å². The van der Waals surface area contributed by atoms with Crippen molar-refractivity contribution in [2.24, 2.45) is 0 Å². The van der Waals surface area contributed by atoms with E-state index in [1.165, 1.54) is 0 Å². The lowest BCUT2D eigenvalue weighted by Crippen LogP contribution is -2.45. The van der Waals surface area contributed by atoms with Crippen LogP contribution in [0.3, 0.4) is 0 Å². The van der Waals surface area contributed by atoms with Crippen molar-refractivity contribution in [3.05, 3.63) is 0 Å². The molecule has 3 nitrogen and oxygen atoms in total. The van der Waals surface area contributed by atoms with Crippen LogP contribution in [0.1, 0.15) is 25.7 Å². The van der Waals surface area contributed by atoms with E-state index < -0.39 is 0 Å². The van der Waals surface area contributed by atoms with Crippen molar-refractivity contribution < 1.29 is 9.53 Å². The quantitative estimate of drug-likeness (QED) is 0.622. The van der Waals surface area contributed by atoms with Gasteiger partial charge in [0.25, 0.3) is 5.91 Å². The summed E-state index contributed by atoms with van der Waals surface area (Å²) in [5.74, 6) is 0.146. The third-order valence-electron chi connectivity index (χ3n) is 2.88. The van der Waals surface area contributed by atoms with Crippen LogP contribution in [-0.2, 0) is 9.53 Å². The molecule has 0 aromatic heterocycles. The van der Waals surface area contributed by atoms with Crippen LogP contribution in [0, 0.1) is 0 Å². The molecule has 2 fully saturated rings. The van der Waals surface area contributed by atoms with Gasteiger partial charge in [-0.1, -0.05) is 0 Å². The van der Waals surface area contributed by atoms with Gasteiger partial charge in [-0.05, 0) is 25.7 Å². The second kappa shape index (κ2) is 4.49. The van der Waals surface area contributed by atoms with Crippen molar-refractivity contribution in [3.8, 4) is 0 Å². The first-order valence-corrected chi connectivity index (χ1v) is 5.75. The third-order valence-corrected chi connectivity index (χ3v) is 3.24. The fourth-order valence-electron chi connectivity index (χ4n) is 2.10. The van der Waals surface area contributed by atoms with Gasteiger partial charge in [0.05, 0.1) is 5.38 Å². The lowest BCUT2D eigenvalue weighted by atomic mass is 10.1. The highest BCUT2D eigenvalue weighted by Gasteiger charge is 2.30. The minimum Gasteiger partial charge on any atom is -0.368 e. The number of amides is 1. The van der Waals surface area contributed by atoms with Gasteiger partial charge in [-0.25, -0.2) is 0 Å². The Bertz CT molecular complexity index is 216. The van der Waals surface area contributed by atoms with Crippen LogP contribution >= 0.6 is 11.6 Å². The molecule has 1 amide bonds. The van der Waals surface area contributed by atoms with Gasteiger partial charge in [0, 0.05) is 19.7 Å². The van der Waals surface area contributed by atoms with Crippen LogP contribution in [-0.4, -0.2) is 42.0 Å². The SMILES string of the molecule is O=C(C1CCCO1)N1CCCC(Cl)C1. The predicted molar refractivity (Wildman–Crippen MR) is 54.4 cm³/mol. The Labute approximate surface area is 89.4 Å². The van der Waals surface area contributed by atoms with E-state index in [0.717, 1.165) is 38.8 Å². The number of piperidine rings is 1. The molecule has 2 rings (SSSR count). The lowest BCUT2D eigenvalue weighted by molar-refractivity contribution is -0.141. The summed E-state index contributed by atoms with van der Waals surface area (Å²) >= 11 is 6.03. The molecular formula is C10H16ClNO2. The van der Waals surface area contributed by atoms with E-state index in [9.17, 15) is 4.79 Å². The van der Waals surface area contributed by atoms with Gasteiger partial charge in [-0.2, -0.15) is 0 Å². The van der Waals surface area contributed by atoms with E-state index in [0.29, 0.717) is 6.54 Å². The maximum atomic E-state index is 11.9. The molecule has 2 saturated heterocycles. The molecule has 0 saturated carbocycles. The maximum absolute atomic E-state index is 11.9. The summed E-state index contributed by atoms with van der Waals surface area (Å²) in [6.45, 7) is 2.27. The Morgan fingerprint density at radius 2 is 2.21 bits per heavy atom. The van der Waals surface area contributed by atoms with Crippen LogP contribution in [0.5, 0.6) is 0 Å². The Balaban J connectivity index is 1.89. The third kappa shape index (κ3) is 2.20. The Morgan fingerprint density at radius 3 is 2.86 bits per heavy atom. The zero-order valence-corrected chi connectivity index (χ0v) is 9.00. The number of carbonyl (C=O) groups is 1. The molecule has 0 aromatic rings. The number of ether oxygens (including phenoxy) is 1. The topological polar surface area (TPSA) is 29.5 Å². The van der Waals surface area contributed by atoms with Gasteiger partial charge >= 0.3 is 0 Å². The zero-order chi connectivity index (χ0) is 9.97. The number of nitrogens with zero attached hydrogens (tertiary/aromatic N) is 1. The standard InChI is InChI=1S/C10H16ClNO2/c11-8-3-1-5-12(7-8)10(13)9-4-2-6-14-9/h8-9H,1-7H2. The van der Waals surface area contributed by atoms with Crippen molar-refractivity contribution >= 4 is 17.5 Å². The molecule has 0 aromatic carbocycles. The molecule has 0 bridgehead atoms. The molecule has 0 N–H and O–H groups in total. The van der Waals surface area contributed by atoms with E-state index in [2.05, 4.69) is 0 Å². The van der Waals surface area contributed by atoms with Crippen LogP contribution in [0.2, 0.25) is 0 Å². The second-order valence-corrected chi connectivity index (χ2v) is 4.64. The molecule has 80 valence electrons. The highest BCUT2D eigenvalue weighted by Crippen LogP contribution is 2.20. The summed E-state index contributed by atoms with van der Waals surface area (Å²) in [4.78, 5) is 13.7. The molecule has 4 heteroatoms. The smallest absolute Gasteiger partial charge is 0.251 e. The van der Waals surface area contributed by atoms with Crippen molar-refractivity contribution in [1.82, 2.24) is 4.90 Å². The fraction of sp³-hybridized carbons (Fsp3) is 0.900. The molecule has 2 aliphatic heterocycles. The summed E-state index contributed by atoms with van der Waals surface area (Å²) in [6, 6.07) is 0. The van der Waals surface area contributed by atoms with E-state index in [4.69, 9.17) is 16.3 Å². The number of rotatable bonds is 1. The summed E-state index contributed by atoms with van der Waals surface area (Å²) in [5.41, 5.74) is 0. The van der Waals surface area contributed by atoms with Gasteiger partial charge in [-0.3, -0.25) is 4.79 Å². The first kappa shape index (κ1) is 10.2. The monoisotopic (exact) mass is 217 g/mol. The molecule has 0 aliphatic carbocycles. The first-order valence-electron chi connectivity index (χ1n) is 5.32. The summed E-state index contributed by atoms with van der Waals surface area (Å²) < 4.78 is 5.37. The summed E-state index contributed by atoms with van der Waals surface area (Å²) in [6.07, 6.45) is 3.75. The molecule has 2 aliphatic rings. The largest absolute Gasteiger partial charge is 0.368 e. The molecule has 2 atom stereocenters. The van der Waals surface area contributed by atoms with Gasteiger partial charge in [-0.15, -0.1) is 11.6 Å². The number of halogens is 1. The Hall–Kier alpha value is -0.280. The second-order valence-electron chi connectivity index (χ2n) is 4.03. The predicted octanol–water partition coefficient (Wildman–Crippen LogP) is 1.40. The van der Waals surface area contributed by atoms with Crippen LogP contribution in [0.25, 0.3) is 0 Å². The minimum absolute atomic E-state index is 0.133. The average molecular weight is 218 g/mol. The molecular weight excluding hydrogens is 202 g/mol. The zero-order valence-electron chi connectivity index (χ0n) is 8.25. The first-order chi connectivity index (χ1) is 6.77. The summed E-state index contributed by atoms with van der Waals surface area (Å²) in [5, 5.41) is 0.133.